The average Bonchev–Trinajstić information content (AvgIpc) is 2.38. The quantitative estimate of drug-likeness (QED) is 0.782. The van der Waals surface area contributed by atoms with Crippen LogP contribution in [0.15, 0.2) is 6.07 Å². The zero-order valence-electron chi connectivity index (χ0n) is 12.0. The van der Waals surface area contributed by atoms with Crippen LogP contribution in [0.2, 0.25) is 0 Å². The Morgan fingerprint density at radius 1 is 0.737 bits per heavy atom. The molecule has 108 valence electrons. The van der Waals surface area contributed by atoms with Crippen molar-refractivity contribution in [2.24, 2.45) is 0 Å². The smallest absolute Gasteiger partial charge is 0.121 e. The minimum Gasteiger partial charge on any atom is -0.508 e. The topological polar surface area (TPSA) is 57.2 Å². The SMILES string of the molecule is COCc1cc(O)c(COC)c(COC)c1COC. The first-order valence-electron chi connectivity index (χ1n) is 6.00. The van der Waals surface area contributed by atoms with Crippen LogP contribution >= 0.6 is 0 Å². The predicted molar refractivity (Wildman–Crippen MR) is 71.0 cm³/mol. The fourth-order valence-corrected chi connectivity index (χ4v) is 2.10. The molecule has 19 heavy (non-hydrogen) atoms. The van der Waals surface area contributed by atoms with Crippen molar-refractivity contribution in [2.75, 3.05) is 28.4 Å². The van der Waals surface area contributed by atoms with Crippen LogP contribution in [0.4, 0.5) is 0 Å². The van der Waals surface area contributed by atoms with E-state index in [2.05, 4.69) is 0 Å². The van der Waals surface area contributed by atoms with Crippen LogP contribution in [0.25, 0.3) is 0 Å². The summed E-state index contributed by atoms with van der Waals surface area (Å²) in [5.41, 5.74) is 3.51. The summed E-state index contributed by atoms with van der Waals surface area (Å²) in [6.45, 7) is 1.57. The third-order valence-electron chi connectivity index (χ3n) is 2.90. The highest BCUT2D eigenvalue weighted by atomic mass is 16.5. The van der Waals surface area contributed by atoms with E-state index in [0.29, 0.717) is 26.4 Å². The number of hydrogen-bond donors (Lipinski definition) is 1. The maximum atomic E-state index is 10.1. The van der Waals surface area contributed by atoms with Gasteiger partial charge in [0.2, 0.25) is 0 Å². The molecular formula is C14H22O5. The fraction of sp³-hybridized carbons (Fsp3) is 0.571. The van der Waals surface area contributed by atoms with Crippen molar-refractivity contribution in [3.8, 4) is 5.75 Å². The molecule has 5 nitrogen and oxygen atoms in total. The van der Waals surface area contributed by atoms with Crippen molar-refractivity contribution in [1.29, 1.82) is 0 Å². The van der Waals surface area contributed by atoms with Gasteiger partial charge in [0.25, 0.3) is 0 Å². The minimum atomic E-state index is 0.195. The second kappa shape index (κ2) is 8.12. The number of hydrogen-bond acceptors (Lipinski definition) is 5. The van der Waals surface area contributed by atoms with Gasteiger partial charge in [-0.25, -0.2) is 0 Å². The van der Waals surface area contributed by atoms with Crippen LogP contribution < -0.4 is 0 Å². The maximum absolute atomic E-state index is 10.1. The molecule has 0 saturated heterocycles. The average molecular weight is 270 g/mol. The fourth-order valence-electron chi connectivity index (χ4n) is 2.10. The molecule has 0 unspecified atom stereocenters. The normalized spacial score (nSPS) is 10.9. The van der Waals surface area contributed by atoms with Gasteiger partial charge in [-0.3, -0.25) is 0 Å². The third kappa shape index (κ3) is 3.91. The number of ether oxygens (including phenoxy) is 4. The minimum absolute atomic E-state index is 0.195. The van der Waals surface area contributed by atoms with E-state index in [-0.39, 0.29) is 5.75 Å². The Hall–Kier alpha value is -1.14. The summed E-state index contributed by atoms with van der Waals surface area (Å²) in [5.74, 6) is 0.195. The van der Waals surface area contributed by atoms with Gasteiger partial charge in [0.15, 0.2) is 0 Å². The second-order valence-corrected chi connectivity index (χ2v) is 4.22. The van der Waals surface area contributed by atoms with E-state index in [9.17, 15) is 5.11 Å². The van der Waals surface area contributed by atoms with E-state index < -0.39 is 0 Å². The summed E-state index contributed by atoms with van der Waals surface area (Å²) in [5, 5.41) is 10.1. The molecule has 1 aromatic carbocycles. The number of benzene rings is 1. The van der Waals surface area contributed by atoms with E-state index in [0.717, 1.165) is 22.3 Å². The van der Waals surface area contributed by atoms with Gasteiger partial charge in [-0.15, -0.1) is 0 Å². The first-order chi connectivity index (χ1) is 9.19. The Bertz CT molecular complexity index is 403. The number of aromatic hydroxyl groups is 1. The summed E-state index contributed by atoms with van der Waals surface area (Å²) < 4.78 is 20.8. The van der Waals surface area contributed by atoms with Crippen molar-refractivity contribution in [3.63, 3.8) is 0 Å². The lowest BCUT2D eigenvalue weighted by atomic mass is 9.96. The number of rotatable bonds is 8. The van der Waals surface area contributed by atoms with Crippen LogP contribution in [0.1, 0.15) is 22.3 Å². The molecule has 0 fully saturated rings. The molecule has 1 rings (SSSR count). The molecule has 0 spiro atoms. The highest BCUT2D eigenvalue weighted by Gasteiger charge is 2.17. The van der Waals surface area contributed by atoms with Crippen LogP contribution in [-0.4, -0.2) is 33.5 Å². The molecule has 0 heterocycles. The molecule has 0 saturated carbocycles. The highest BCUT2D eigenvalue weighted by Crippen LogP contribution is 2.30. The summed E-state index contributed by atoms with van der Waals surface area (Å²) in [6, 6.07) is 1.70. The van der Waals surface area contributed by atoms with Gasteiger partial charge in [-0.1, -0.05) is 0 Å². The molecule has 0 amide bonds. The van der Waals surface area contributed by atoms with Gasteiger partial charge in [-0.2, -0.15) is 0 Å². The van der Waals surface area contributed by atoms with Crippen LogP contribution in [-0.2, 0) is 45.4 Å². The molecule has 1 aromatic rings. The lowest BCUT2D eigenvalue weighted by molar-refractivity contribution is 0.151. The summed E-state index contributed by atoms with van der Waals surface area (Å²) in [4.78, 5) is 0. The summed E-state index contributed by atoms with van der Waals surface area (Å²) in [6.07, 6.45) is 0. The van der Waals surface area contributed by atoms with Crippen LogP contribution in [0.5, 0.6) is 5.75 Å². The zero-order chi connectivity index (χ0) is 14.3. The van der Waals surface area contributed by atoms with Gasteiger partial charge in [0, 0.05) is 34.0 Å². The van der Waals surface area contributed by atoms with Gasteiger partial charge in [0.1, 0.15) is 5.75 Å². The second-order valence-electron chi connectivity index (χ2n) is 4.22. The van der Waals surface area contributed by atoms with Crippen molar-refractivity contribution in [3.05, 3.63) is 28.3 Å². The van der Waals surface area contributed by atoms with Crippen molar-refractivity contribution in [1.82, 2.24) is 0 Å². The predicted octanol–water partition coefficient (Wildman–Crippen LogP) is 1.98. The van der Waals surface area contributed by atoms with Crippen LogP contribution in [0, 0.1) is 0 Å². The van der Waals surface area contributed by atoms with Gasteiger partial charge in [0.05, 0.1) is 26.4 Å². The number of phenols is 1. The standard InChI is InChI=1S/C14H22O5/c1-16-6-10-5-14(15)13(9-19-4)12(8-18-3)11(10)7-17-2/h5,15H,6-9H2,1-4H3. The Morgan fingerprint density at radius 3 is 1.74 bits per heavy atom. The summed E-state index contributed by atoms with van der Waals surface area (Å²) in [7, 11) is 6.46. The Kier molecular flexibility index (Phi) is 6.80. The third-order valence-corrected chi connectivity index (χ3v) is 2.90. The van der Waals surface area contributed by atoms with Crippen LogP contribution in [0.3, 0.4) is 0 Å². The number of methoxy groups -OCH3 is 4. The molecule has 0 aliphatic rings. The Labute approximate surface area is 114 Å². The first-order valence-corrected chi connectivity index (χ1v) is 6.00. The van der Waals surface area contributed by atoms with E-state index in [1.165, 1.54) is 0 Å². The number of phenolic OH excluding ortho intramolecular Hbond substituents is 1. The molecule has 0 aliphatic carbocycles. The molecule has 5 heteroatoms. The molecular weight excluding hydrogens is 248 g/mol. The van der Waals surface area contributed by atoms with E-state index in [1.54, 1.807) is 34.5 Å². The molecule has 0 aliphatic heterocycles. The molecule has 0 radical (unpaired) electrons. The summed E-state index contributed by atoms with van der Waals surface area (Å²) >= 11 is 0. The Balaban J connectivity index is 3.35. The van der Waals surface area contributed by atoms with Crippen molar-refractivity contribution < 1.29 is 24.1 Å². The van der Waals surface area contributed by atoms with Gasteiger partial charge >= 0.3 is 0 Å². The zero-order valence-corrected chi connectivity index (χ0v) is 12.0. The van der Waals surface area contributed by atoms with E-state index >= 15 is 0 Å². The maximum Gasteiger partial charge on any atom is 0.121 e. The van der Waals surface area contributed by atoms with Gasteiger partial charge in [-0.05, 0) is 22.8 Å². The lowest BCUT2D eigenvalue weighted by Gasteiger charge is -2.19. The molecule has 0 atom stereocenters. The van der Waals surface area contributed by atoms with Gasteiger partial charge < -0.3 is 24.1 Å². The van der Waals surface area contributed by atoms with E-state index in [4.69, 9.17) is 18.9 Å². The highest BCUT2D eigenvalue weighted by molar-refractivity contribution is 5.48. The van der Waals surface area contributed by atoms with Crippen molar-refractivity contribution >= 4 is 0 Å². The Morgan fingerprint density at radius 2 is 1.21 bits per heavy atom. The van der Waals surface area contributed by atoms with Crippen molar-refractivity contribution in [2.45, 2.75) is 26.4 Å². The molecule has 1 N–H and O–H groups in total. The molecule has 0 aromatic heterocycles. The first kappa shape index (κ1) is 15.9. The van der Waals surface area contributed by atoms with E-state index in [1.807, 2.05) is 0 Å². The lowest BCUT2D eigenvalue weighted by Crippen LogP contribution is -2.09. The largest absolute Gasteiger partial charge is 0.508 e. The molecule has 0 bridgehead atoms. The monoisotopic (exact) mass is 270 g/mol.